The Morgan fingerprint density at radius 3 is 2.78 bits per heavy atom. The fourth-order valence-corrected chi connectivity index (χ4v) is 2.30. The van der Waals surface area contributed by atoms with Gasteiger partial charge < -0.3 is 9.84 Å². The van der Waals surface area contributed by atoms with Gasteiger partial charge in [0.25, 0.3) is 0 Å². The van der Waals surface area contributed by atoms with Crippen LogP contribution >= 0.6 is 11.3 Å². The van der Waals surface area contributed by atoms with Gasteiger partial charge in [-0.05, 0) is 37.6 Å². The summed E-state index contributed by atoms with van der Waals surface area (Å²) in [5.41, 5.74) is 0.997. The molecule has 0 atom stereocenters. The summed E-state index contributed by atoms with van der Waals surface area (Å²) in [4.78, 5) is 16.1. The van der Waals surface area contributed by atoms with Crippen molar-refractivity contribution in [3.63, 3.8) is 0 Å². The molecule has 4 nitrogen and oxygen atoms in total. The van der Waals surface area contributed by atoms with Crippen LogP contribution in [0, 0.1) is 13.8 Å². The number of thiazole rings is 1. The molecule has 0 aliphatic carbocycles. The van der Waals surface area contributed by atoms with E-state index in [0.717, 1.165) is 9.88 Å². The van der Waals surface area contributed by atoms with Gasteiger partial charge in [-0.15, -0.1) is 11.3 Å². The van der Waals surface area contributed by atoms with Gasteiger partial charge in [0.05, 0.1) is 15.4 Å². The van der Waals surface area contributed by atoms with Crippen molar-refractivity contribution in [2.24, 2.45) is 0 Å². The van der Waals surface area contributed by atoms with Crippen LogP contribution in [0.25, 0.3) is 0 Å². The maximum absolute atomic E-state index is 10.9. The predicted molar refractivity (Wildman–Crippen MR) is 69.3 cm³/mol. The minimum atomic E-state index is -0.919. The molecule has 5 heteroatoms. The zero-order chi connectivity index (χ0) is 13.1. The Morgan fingerprint density at radius 2 is 2.22 bits per heavy atom. The second kappa shape index (κ2) is 5.18. The van der Waals surface area contributed by atoms with Gasteiger partial charge in [-0.1, -0.05) is 0 Å². The van der Waals surface area contributed by atoms with Crippen LogP contribution in [-0.4, -0.2) is 16.1 Å². The van der Waals surface area contributed by atoms with Crippen LogP contribution in [0.4, 0.5) is 0 Å². The molecule has 0 aliphatic heterocycles. The molecule has 94 valence electrons. The maximum atomic E-state index is 10.9. The lowest BCUT2D eigenvalue weighted by atomic mass is 10.1. The molecule has 0 saturated carbocycles. The van der Waals surface area contributed by atoms with Crippen molar-refractivity contribution >= 4 is 17.3 Å². The van der Waals surface area contributed by atoms with Crippen LogP contribution in [0.3, 0.4) is 0 Å². The molecular weight excluding hydrogens is 250 g/mol. The lowest BCUT2D eigenvalue weighted by molar-refractivity contribution is 0.0696. The highest BCUT2D eigenvalue weighted by molar-refractivity contribution is 7.11. The summed E-state index contributed by atoms with van der Waals surface area (Å²) >= 11 is 1.59. The molecule has 1 aromatic heterocycles. The lowest BCUT2D eigenvalue weighted by Crippen LogP contribution is -2.00. The monoisotopic (exact) mass is 263 g/mol. The number of hydrogen-bond acceptors (Lipinski definition) is 4. The molecule has 0 radical (unpaired) electrons. The average Bonchev–Trinajstić information content (AvgIpc) is 2.72. The quantitative estimate of drug-likeness (QED) is 0.921. The molecule has 0 unspecified atom stereocenters. The van der Waals surface area contributed by atoms with Gasteiger partial charge in [0.2, 0.25) is 0 Å². The minimum Gasteiger partial charge on any atom is -0.488 e. The molecule has 18 heavy (non-hydrogen) atoms. The van der Waals surface area contributed by atoms with E-state index in [1.165, 1.54) is 0 Å². The Labute approximate surface area is 109 Å². The van der Waals surface area contributed by atoms with Gasteiger partial charge in [-0.3, -0.25) is 0 Å². The van der Waals surface area contributed by atoms with Crippen LogP contribution in [0.2, 0.25) is 0 Å². The molecule has 1 heterocycles. The van der Waals surface area contributed by atoms with E-state index in [9.17, 15) is 4.79 Å². The second-order valence-corrected chi connectivity index (χ2v) is 5.24. The smallest absolute Gasteiger partial charge is 0.335 e. The van der Waals surface area contributed by atoms with Crippen molar-refractivity contribution in [3.05, 3.63) is 45.4 Å². The zero-order valence-electron chi connectivity index (χ0n) is 10.1. The molecule has 1 N–H and O–H groups in total. The number of hydrogen-bond donors (Lipinski definition) is 1. The normalized spacial score (nSPS) is 10.3. The minimum absolute atomic E-state index is 0.302. The molecule has 0 aliphatic rings. The highest BCUT2D eigenvalue weighted by Crippen LogP contribution is 2.20. The van der Waals surface area contributed by atoms with Crippen molar-refractivity contribution < 1.29 is 14.6 Å². The summed E-state index contributed by atoms with van der Waals surface area (Å²) in [5, 5.41) is 9.93. The van der Waals surface area contributed by atoms with E-state index in [-0.39, 0.29) is 0 Å². The molecule has 1 aromatic carbocycles. The summed E-state index contributed by atoms with van der Waals surface area (Å²) in [6.45, 7) is 4.16. The SMILES string of the molecule is Cc1ncc(COc2ccc(C(=O)O)c(C)c2)s1. The number of nitrogens with zero attached hydrogens (tertiary/aromatic N) is 1. The number of ether oxygens (including phenoxy) is 1. The van der Waals surface area contributed by atoms with Crippen LogP contribution in [0.5, 0.6) is 5.75 Å². The number of benzene rings is 1. The lowest BCUT2D eigenvalue weighted by Gasteiger charge is -2.07. The summed E-state index contributed by atoms with van der Waals surface area (Å²) in [7, 11) is 0. The predicted octanol–water partition coefficient (Wildman–Crippen LogP) is 3.04. The van der Waals surface area contributed by atoms with E-state index in [1.54, 1.807) is 42.7 Å². The number of carbonyl (C=O) groups is 1. The third-order valence-electron chi connectivity index (χ3n) is 2.48. The van der Waals surface area contributed by atoms with Crippen LogP contribution in [0.1, 0.15) is 25.8 Å². The fourth-order valence-electron chi connectivity index (χ4n) is 1.59. The van der Waals surface area contributed by atoms with E-state index in [4.69, 9.17) is 9.84 Å². The van der Waals surface area contributed by atoms with Gasteiger partial charge in [0.15, 0.2) is 0 Å². The average molecular weight is 263 g/mol. The Hall–Kier alpha value is -1.88. The summed E-state index contributed by atoms with van der Waals surface area (Å²) in [6.07, 6.45) is 1.79. The Balaban J connectivity index is 2.06. The first kappa shape index (κ1) is 12.6. The number of aryl methyl sites for hydroxylation is 2. The number of carboxylic acid groups (broad SMARTS) is 1. The third-order valence-corrected chi connectivity index (χ3v) is 3.36. The van der Waals surface area contributed by atoms with Gasteiger partial charge in [0.1, 0.15) is 12.4 Å². The first-order valence-electron chi connectivity index (χ1n) is 5.44. The van der Waals surface area contributed by atoms with Crippen LogP contribution < -0.4 is 4.74 Å². The standard InChI is InChI=1S/C13H13NO3S/c1-8-5-10(3-4-12(8)13(15)16)17-7-11-6-14-9(2)18-11/h3-6H,7H2,1-2H3,(H,15,16). The first-order chi connectivity index (χ1) is 8.56. The molecule has 0 saturated heterocycles. The van der Waals surface area contributed by atoms with Gasteiger partial charge >= 0.3 is 5.97 Å². The largest absolute Gasteiger partial charge is 0.488 e. The van der Waals surface area contributed by atoms with Gasteiger partial charge in [0, 0.05) is 6.20 Å². The number of aromatic carboxylic acids is 1. The Morgan fingerprint density at radius 1 is 1.44 bits per heavy atom. The summed E-state index contributed by atoms with van der Waals surface area (Å²) < 4.78 is 5.60. The Bertz CT molecular complexity index is 577. The Kier molecular flexibility index (Phi) is 3.62. The summed E-state index contributed by atoms with van der Waals surface area (Å²) in [6, 6.07) is 4.96. The number of aromatic nitrogens is 1. The van der Waals surface area contributed by atoms with Gasteiger partial charge in [-0.2, -0.15) is 0 Å². The van der Waals surface area contributed by atoms with Crippen LogP contribution in [-0.2, 0) is 6.61 Å². The topological polar surface area (TPSA) is 59.4 Å². The van der Waals surface area contributed by atoms with E-state index >= 15 is 0 Å². The fraction of sp³-hybridized carbons (Fsp3) is 0.231. The molecule has 2 rings (SSSR count). The molecule has 0 amide bonds. The third kappa shape index (κ3) is 2.87. The number of rotatable bonds is 4. The molecule has 0 spiro atoms. The number of carboxylic acids is 1. The molecular formula is C13H13NO3S. The van der Waals surface area contributed by atoms with Crippen molar-refractivity contribution in [1.29, 1.82) is 0 Å². The second-order valence-electron chi connectivity index (χ2n) is 3.92. The maximum Gasteiger partial charge on any atom is 0.335 e. The molecule has 0 fully saturated rings. The van der Waals surface area contributed by atoms with Crippen LogP contribution in [0.15, 0.2) is 24.4 Å². The van der Waals surface area contributed by atoms with Crippen molar-refractivity contribution in [2.45, 2.75) is 20.5 Å². The van der Waals surface area contributed by atoms with Gasteiger partial charge in [-0.25, -0.2) is 9.78 Å². The van der Waals surface area contributed by atoms with E-state index in [0.29, 0.717) is 23.5 Å². The highest BCUT2D eigenvalue weighted by Gasteiger charge is 2.08. The van der Waals surface area contributed by atoms with Crippen molar-refractivity contribution in [3.8, 4) is 5.75 Å². The van der Waals surface area contributed by atoms with E-state index in [2.05, 4.69) is 4.98 Å². The van der Waals surface area contributed by atoms with E-state index in [1.807, 2.05) is 6.92 Å². The van der Waals surface area contributed by atoms with Crippen molar-refractivity contribution in [1.82, 2.24) is 4.98 Å². The summed E-state index contributed by atoms with van der Waals surface area (Å²) in [5.74, 6) is -0.249. The zero-order valence-corrected chi connectivity index (χ0v) is 11.0. The van der Waals surface area contributed by atoms with E-state index < -0.39 is 5.97 Å². The molecule has 0 bridgehead atoms. The first-order valence-corrected chi connectivity index (χ1v) is 6.26. The molecule has 2 aromatic rings. The highest BCUT2D eigenvalue weighted by atomic mass is 32.1. The van der Waals surface area contributed by atoms with Crippen molar-refractivity contribution in [2.75, 3.05) is 0 Å².